The van der Waals surface area contributed by atoms with Crippen molar-refractivity contribution in [2.24, 2.45) is 5.92 Å². The lowest BCUT2D eigenvalue weighted by molar-refractivity contribution is 0.0810. The van der Waals surface area contributed by atoms with E-state index in [4.69, 9.17) is 4.74 Å². The molecule has 0 saturated carbocycles. The summed E-state index contributed by atoms with van der Waals surface area (Å²) in [7, 11) is 0. The lowest BCUT2D eigenvalue weighted by Gasteiger charge is -2.32. The Morgan fingerprint density at radius 2 is 2.19 bits per heavy atom. The van der Waals surface area contributed by atoms with E-state index >= 15 is 0 Å². The highest BCUT2D eigenvalue weighted by atomic mass is 16.5. The summed E-state index contributed by atoms with van der Waals surface area (Å²) in [6.07, 6.45) is 4.08. The van der Waals surface area contributed by atoms with E-state index in [-0.39, 0.29) is 17.8 Å². The van der Waals surface area contributed by atoms with E-state index in [9.17, 15) is 4.79 Å². The van der Waals surface area contributed by atoms with Crippen LogP contribution in [-0.2, 0) is 13.1 Å². The van der Waals surface area contributed by atoms with E-state index in [0.717, 1.165) is 50.3 Å². The number of carbonyl (C=O) groups excluding carboxylic acids is 1. The lowest BCUT2D eigenvalue weighted by Crippen LogP contribution is -2.38. The number of hydrogen-bond donors (Lipinski definition) is 0. The molecule has 5 nitrogen and oxygen atoms in total. The summed E-state index contributed by atoms with van der Waals surface area (Å²) >= 11 is 0. The van der Waals surface area contributed by atoms with Crippen LogP contribution in [0, 0.1) is 12.8 Å². The van der Waals surface area contributed by atoms with Crippen LogP contribution < -0.4 is 4.74 Å². The topological polar surface area (TPSA) is 47.4 Å². The van der Waals surface area contributed by atoms with Gasteiger partial charge in [0, 0.05) is 42.4 Å². The van der Waals surface area contributed by atoms with Crippen molar-refractivity contribution in [2.45, 2.75) is 59.7 Å². The zero-order valence-corrected chi connectivity index (χ0v) is 16.9. The zero-order valence-electron chi connectivity index (χ0n) is 16.9. The van der Waals surface area contributed by atoms with Gasteiger partial charge in [-0.15, -0.1) is 0 Å². The normalized spacial score (nSPS) is 18.0. The average Bonchev–Trinajstić information content (AvgIpc) is 3.00. The molecule has 0 N–H and O–H groups in total. The maximum atomic E-state index is 13.1. The van der Waals surface area contributed by atoms with Gasteiger partial charge in [0.15, 0.2) is 5.78 Å². The SMILES string of the molecule is CCn1ncc(CN2CCCC(C(=O)c3cccc(OC(C)C)c3)C2)c1C. The van der Waals surface area contributed by atoms with Gasteiger partial charge in [-0.2, -0.15) is 5.10 Å². The Kier molecular flexibility index (Phi) is 6.32. The minimum atomic E-state index is 0.0505. The molecular formula is C22H31N3O2. The Morgan fingerprint density at radius 1 is 1.37 bits per heavy atom. The number of ether oxygens (including phenoxy) is 1. The first kappa shape index (κ1) is 19.6. The predicted octanol–water partition coefficient (Wildman–Crippen LogP) is 4.09. The molecule has 0 amide bonds. The van der Waals surface area contributed by atoms with E-state index in [1.54, 1.807) is 0 Å². The molecule has 5 heteroatoms. The summed E-state index contributed by atoms with van der Waals surface area (Å²) < 4.78 is 7.78. The second kappa shape index (κ2) is 8.70. The van der Waals surface area contributed by atoms with E-state index in [1.807, 2.05) is 49.0 Å². The molecule has 1 aromatic heterocycles. The van der Waals surface area contributed by atoms with Crippen LogP contribution in [0.1, 0.15) is 55.2 Å². The van der Waals surface area contributed by atoms with Gasteiger partial charge in [0.05, 0.1) is 12.3 Å². The van der Waals surface area contributed by atoms with E-state index in [0.29, 0.717) is 0 Å². The van der Waals surface area contributed by atoms with Crippen LogP contribution in [0.2, 0.25) is 0 Å². The smallest absolute Gasteiger partial charge is 0.167 e. The van der Waals surface area contributed by atoms with Crippen molar-refractivity contribution < 1.29 is 9.53 Å². The summed E-state index contributed by atoms with van der Waals surface area (Å²) in [6.45, 7) is 11.8. The summed E-state index contributed by atoms with van der Waals surface area (Å²) in [5.41, 5.74) is 3.25. The van der Waals surface area contributed by atoms with Crippen molar-refractivity contribution in [1.82, 2.24) is 14.7 Å². The van der Waals surface area contributed by atoms with Crippen LogP contribution in [0.3, 0.4) is 0 Å². The molecule has 0 radical (unpaired) electrons. The molecule has 2 aromatic rings. The van der Waals surface area contributed by atoms with Crippen molar-refractivity contribution in [3.8, 4) is 5.75 Å². The molecule has 1 saturated heterocycles. The maximum Gasteiger partial charge on any atom is 0.167 e. The molecule has 1 aliphatic rings. The maximum absolute atomic E-state index is 13.1. The van der Waals surface area contributed by atoms with Crippen molar-refractivity contribution in [3.63, 3.8) is 0 Å². The van der Waals surface area contributed by atoms with Crippen molar-refractivity contribution in [1.29, 1.82) is 0 Å². The zero-order chi connectivity index (χ0) is 19.4. The van der Waals surface area contributed by atoms with Crippen LogP contribution >= 0.6 is 0 Å². The molecule has 1 atom stereocenters. The molecule has 1 aliphatic heterocycles. The molecule has 0 bridgehead atoms. The second-order valence-corrected chi connectivity index (χ2v) is 7.70. The number of aryl methyl sites for hydroxylation is 1. The summed E-state index contributed by atoms with van der Waals surface area (Å²) in [5.74, 6) is 1.05. The van der Waals surface area contributed by atoms with Gasteiger partial charge in [-0.25, -0.2) is 0 Å². The van der Waals surface area contributed by atoms with Gasteiger partial charge in [0.2, 0.25) is 0 Å². The number of piperidine rings is 1. The molecule has 3 rings (SSSR count). The van der Waals surface area contributed by atoms with Gasteiger partial charge in [-0.3, -0.25) is 14.4 Å². The molecule has 0 aliphatic carbocycles. The number of nitrogens with zero attached hydrogens (tertiary/aromatic N) is 3. The van der Waals surface area contributed by atoms with Crippen LogP contribution in [-0.4, -0.2) is 39.7 Å². The monoisotopic (exact) mass is 369 g/mol. The fourth-order valence-electron chi connectivity index (χ4n) is 3.84. The van der Waals surface area contributed by atoms with Crippen LogP contribution in [0.25, 0.3) is 0 Å². The number of ketones is 1. The molecule has 1 unspecified atom stereocenters. The van der Waals surface area contributed by atoms with Crippen LogP contribution in [0.15, 0.2) is 30.5 Å². The Morgan fingerprint density at radius 3 is 2.89 bits per heavy atom. The van der Waals surface area contributed by atoms with Gasteiger partial charge in [-0.1, -0.05) is 12.1 Å². The van der Waals surface area contributed by atoms with Crippen molar-refractivity contribution >= 4 is 5.78 Å². The fourth-order valence-corrected chi connectivity index (χ4v) is 3.84. The van der Waals surface area contributed by atoms with E-state index in [2.05, 4.69) is 23.8 Å². The fraction of sp³-hybridized carbons (Fsp3) is 0.545. The third-order valence-electron chi connectivity index (χ3n) is 5.26. The number of aromatic nitrogens is 2. The number of Topliss-reactive ketones (excluding diaryl/α,β-unsaturated/α-hetero) is 1. The Labute approximate surface area is 162 Å². The van der Waals surface area contributed by atoms with Gasteiger partial charge >= 0.3 is 0 Å². The van der Waals surface area contributed by atoms with Gasteiger partial charge in [0.25, 0.3) is 0 Å². The number of carbonyl (C=O) groups is 1. The Balaban J connectivity index is 1.66. The highest BCUT2D eigenvalue weighted by Gasteiger charge is 2.27. The first-order valence-electron chi connectivity index (χ1n) is 10.0. The first-order chi connectivity index (χ1) is 13.0. The standard InChI is InChI=1S/C22H31N3O2/c1-5-25-17(4)20(13-23-25)15-24-11-7-9-19(14-24)22(26)18-8-6-10-21(12-18)27-16(2)3/h6,8,10,12-13,16,19H,5,7,9,11,14-15H2,1-4H3. The van der Waals surface area contributed by atoms with Gasteiger partial charge in [0.1, 0.15) is 5.75 Å². The summed E-state index contributed by atoms with van der Waals surface area (Å²) in [5, 5.41) is 4.44. The molecule has 0 spiro atoms. The van der Waals surface area contributed by atoms with E-state index < -0.39 is 0 Å². The highest BCUT2D eigenvalue weighted by Crippen LogP contribution is 2.25. The Bertz CT molecular complexity index is 782. The predicted molar refractivity (Wildman–Crippen MR) is 107 cm³/mol. The minimum absolute atomic E-state index is 0.0505. The average molecular weight is 370 g/mol. The number of rotatable bonds is 7. The summed E-state index contributed by atoms with van der Waals surface area (Å²) in [4.78, 5) is 15.4. The molecular weight excluding hydrogens is 338 g/mol. The highest BCUT2D eigenvalue weighted by molar-refractivity contribution is 5.98. The largest absolute Gasteiger partial charge is 0.491 e. The lowest BCUT2D eigenvalue weighted by atomic mass is 9.89. The second-order valence-electron chi connectivity index (χ2n) is 7.70. The quantitative estimate of drug-likeness (QED) is 0.690. The minimum Gasteiger partial charge on any atom is -0.491 e. The molecule has 1 fully saturated rings. The third-order valence-corrected chi connectivity index (χ3v) is 5.26. The first-order valence-corrected chi connectivity index (χ1v) is 10.0. The van der Waals surface area contributed by atoms with Gasteiger partial charge < -0.3 is 4.74 Å². The number of hydrogen-bond acceptors (Lipinski definition) is 4. The van der Waals surface area contributed by atoms with Crippen LogP contribution in [0.5, 0.6) is 5.75 Å². The summed E-state index contributed by atoms with van der Waals surface area (Å²) in [6, 6.07) is 7.62. The number of benzene rings is 1. The Hall–Kier alpha value is -2.14. The number of likely N-dealkylation sites (tertiary alicyclic amines) is 1. The van der Waals surface area contributed by atoms with Crippen molar-refractivity contribution in [2.75, 3.05) is 13.1 Å². The van der Waals surface area contributed by atoms with E-state index in [1.165, 1.54) is 11.3 Å². The van der Waals surface area contributed by atoms with Gasteiger partial charge in [-0.05, 0) is 59.2 Å². The van der Waals surface area contributed by atoms with Crippen molar-refractivity contribution in [3.05, 3.63) is 47.3 Å². The van der Waals surface area contributed by atoms with Crippen LogP contribution in [0.4, 0.5) is 0 Å². The molecule has 27 heavy (non-hydrogen) atoms. The molecule has 146 valence electrons. The molecule has 1 aromatic carbocycles. The third kappa shape index (κ3) is 4.78. The molecule has 2 heterocycles.